The maximum atomic E-state index is 11.9. The van der Waals surface area contributed by atoms with Gasteiger partial charge in [-0.15, -0.1) is 0 Å². The quantitative estimate of drug-likeness (QED) is 0.768. The number of nitrogens with zero attached hydrogens (tertiary/aromatic N) is 2. The van der Waals surface area contributed by atoms with Crippen LogP contribution >= 0.6 is 0 Å². The fourth-order valence-electron chi connectivity index (χ4n) is 3.79. The minimum Gasteiger partial charge on any atom is -0.488 e. The minimum absolute atomic E-state index is 0.351. The number of benzene rings is 2. The lowest BCUT2D eigenvalue weighted by Gasteiger charge is -2.31. The number of likely N-dealkylation sites (N-methyl/N-ethyl adjacent to an activating group) is 1. The van der Waals surface area contributed by atoms with Crippen molar-refractivity contribution in [3.8, 4) is 5.75 Å². The van der Waals surface area contributed by atoms with E-state index in [4.69, 9.17) is 9.47 Å². The third-order valence-corrected chi connectivity index (χ3v) is 5.53. The molecule has 4 rings (SSSR count). The van der Waals surface area contributed by atoms with E-state index in [1.165, 1.54) is 18.2 Å². The summed E-state index contributed by atoms with van der Waals surface area (Å²) in [5.74, 6) is 0.375. The van der Waals surface area contributed by atoms with Gasteiger partial charge in [0.15, 0.2) is 0 Å². The van der Waals surface area contributed by atoms with Gasteiger partial charge in [0.2, 0.25) is 0 Å². The topological polar surface area (TPSA) is 42.0 Å². The molecule has 0 atom stereocenters. The van der Waals surface area contributed by atoms with E-state index in [1.54, 1.807) is 6.07 Å². The highest BCUT2D eigenvalue weighted by Crippen LogP contribution is 2.37. The van der Waals surface area contributed by atoms with Crippen LogP contribution in [0.5, 0.6) is 5.75 Å². The molecule has 1 fully saturated rings. The number of rotatable bonds is 3. The van der Waals surface area contributed by atoms with Gasteiger partial charge >= 0.3 is 5.97 Å². The van der Waals surface area contributed by atoms with Gasteiger partial charge in [0.25, 0.3) is 0 Å². The monoisotopic (exact) mass is 378 g/mol. The average molecular weight is 378 g/mol. The van der Waals surface area contributed by atoms with Crippen molar-refractivity contribution in [2.45, 2.75) is 6.61 Å². The molecule has 0 aromatic heterocycles. The lowest BCUT2D eigenvalue weighted by atomic mass is 9.93. The molecule has 2 aromatic rings. The summed E-state index contributed by atoms with van der Waals surface area (Å²) in [6, 6.07) is 13.9. The van der Waals surface area contributed by atoms with E-state index < -0.39 is 0 Å². The summed E-state index contributed by atoms with van der Waals surface area (Å²) in [7, 11) is 3.57. The van der Waals surface area contributed by atoms with Gasteiger partial charge < -0.3 is 14.4 Å². The maximum absolute atomic E-state index is 11.9. The van der Waals surface area contributed by atoms with Crippen molar-refractivity contribution in [2.75, 3.05) is 46.9 Å². The van der Waals surface area contributed by atoms with Crippen LogP contribution in [-0.4, -0.2) is 62.7 Å². The largest absolute Gasteiger partial charge is 0.488 e. The zero-order valence-electron chi connectivity index (χ0n) is 16.5. The van der Waals surface area contributed by atoms with E-state index >= 15 is 0 Å². The normalized spacial score (nSPS) is 18.7. The molecule has 5 heteroatoms. The van der Waals surface area contributed by atoms with Gasteiger partial charge in [0, 0.05) is 38.3 Å². The van der Waals surface area contributed by atoms with Crippen LogP contribution in [0.15, 0.2) is 48.5 Å². The fraction of sp³-hybridized carbons (Fsp3) is 0.348. The zero-order valence-corrected chi connectivity index (χ0v) is 16.5. The van der Waals surface area contributed by atoms with Crippen LogP contribution in [0.2, 0.25) is 0 Å². The van der Waals surface area contributed by atoms with Crippen LogP contribution in [0, 0.1) is 0 Å². The first-order valence-corrected chi connectivity index (χ1v) is 9.70. The lowest BCUT2D eigenvalue weighted by molar-refractivity contribution is 0.0600. The first-order valence-electron chi connectivity index (χ1n) is 9.70. The molecule has 0 radical (unpaired) electrons. The fourth-order valence-corrected chi connectivity index (χ4v) is 3.79. The zero-order chi connectivity index (χ0) is 19.5. The number of hydrogen-bond acceptors (Lipinski definition) is 5. The van der Waals surface area contributed by atoms with E-state index in [1.807, 2.05) is 18.2 Å². The molecule has 0 bridgehead atoms. The predicted octanol–water partition coefficient (Wildman–Crippen LogP) is 3.04. The molecule has 2 aliphatic heterocycles. The van der Waals surface area contributed by atoms with Crippen LogP contribution in [-0.2, 0) is 11.3 Å². The molecular formula is C23H26N2O3. The molecule has 5 nitrogen and oxygen atoms in total. The Balaban J connectivity index is 1.71. The van der Waals surface area contributed by atoms with Gasteiger partial charge in [-0.25, -0.2) is 4.79 Å². The Morgan fingerprint density at radius 2 is 1.89 bits per heavy atom. The van der Waals surface area contributed by atoms with E-state index in [0.717, 1.165) is 49.6 Å². The summed E-state index contributed by atoms with van der Waals surface area (Å²) >= 11 is 0. The van der Waals surface area contributed by atoms with Crippen molar-refractivity contribution < 1.29 is 14.3 Å². The highest BCUT2D eigenvalue weighted by Gasteiger charge is 2.21. The van der Waals surface area contributed by atoms with E-state index in [-0.39, 0.29) is 5.97 Å². The van der Waals surface area contributed by atoms with Crippen molar-refractivity contribution in [1.82, 2.24) is 9.80 Å². The lowest BCUT2D eigenvalue weighted by Crippen LogP contribution is -2.44. The van der Waals surface area contributed by atoms with Crippen molar-refractivity contribution >= 4 is 11.5 Å². The Labute approximate surface area is 166 Å². The smallest absolute Gasteiger partial charge is 0.337 e. The number of hydrogen-bond donors (Lipinski definition) is 0. The van der Waals surface area contributed by atoms with E-state index in [2.05, 4.69) is 41.1 Å². The number of piperazine rings is 1. The second-order valence-electron chi connectivity index (χ2n) is 7.37. The van der Waals surface area contributed by atoms with Crippen molar-refractivity contribution in [3.63, 3.8) is 0 Å². The standard InChI is InChI=1S/C23H26N2O3/c1-24-11-13-25(14-12-24)10-9-20-19-6-4-3-5-18(19)16-28-22-15-17(23(26)27-2)7-8-21(20)22/h3-9,15H,10-14,16H2,1-2H3/b20-9+. The maximum Gasteiger partial charge on any atom is 0.337 e. The minimum atomic E-state index is -0.351. The highest BCUT2D eigenvalue weighted by molar-refractivity contribution is 5.92. The predicted molar refractivity (Wildman–Crippen MR) is 110 cm³/mol. The third kappa shape index (κ3) is 3.81. The molecule has 146 valence electrons. The van der Waals surface area contributed by atoms with Crippen LogP contribution in [0.25, 0.3) is 5.57 Å². The Hall–Kier alpha value is -2.63. The van der Waals surface area contributed by atoms with Gasteiger partial charge in [0.1, 0.15) is 12.4 Å². The third-order valence-electron chi connectivity index (χ3n) is 5.53. The second-order valence-corrected chi connectivity index (χ2v) is 7.37. The molecule has 0 spiro atoms. The molecule has 2 aromatic carbocycles. The number of carbonyl (C=O) groups excluding carboxylic acids is 1. The number of carbonyl (C=O) groups is 1. The van der Waals surface area contributed by atoms with Crippen LogP contribution in [0.1, 0.15) is 27.0 Å². The van der Waals surface area contributed by atoms with Crippen molar-refractivity contribution in [1.29, 1.82) is 0 Å². The second kappa shape index (κ2) is 8.17. The number of methoxy groups -OCH3 is 1. The summed E-state index contributed by atoms with van der Waals surface area (Å²) < 4.78 is 10.9. The summed E-state index contributed by atoms with van der Waals surface area (Å²) in [6.07, 6.45) is 2.30. The number of fused-ring (bicyclic) bond motifs is 2. The van der Waals surface area contributed by atoms with Crippen molar-refractivity contribution in [3.05, 3.63) is 70.8 Å². The molecule has 2 aliphatic rings. The molecule has 0 saturated carbocycles. The summed E-state index contributed by atoms with van der Waals surface area (Å²) in [4.78, 5) is 16.8. The van der Waals surface area contributed by atoms with Gasteiger partial charge in [-0.1, -0.05) is 30.3 Å². The molecule has 28 heavy (non-hydrogen) atoms. The van der Waals surface area contributed by atoms with Crippen LogP contribution in [0.4, 0.5) is 0 Å². The van der Waals surface area contributed by atoms with Crippen LogP contribution in [0.3, 0.4) is 0 Å². The average Bonchev–Trinajstić information content (AvgIpc) is 2.89. The van der Waals surface area contributed by atoms with E-state index in [0.29, 0.717) is 12.2 Å². The first kappa shape index (κ1) is 18.7. The molecule has 0 aliphatic carbocycles. The molecular weight excluding hydrogens is 352 g/mol. The van der Waals surface area contributed by atoms with Crippen LogP contribution < -0.4 is 4.74 Å². The Bertz CT molecular complexity index is 898. The van der Waals surface area contributed by atoms with Gasteiger partial charge in [-0.05, 0) is 41.9 Å². The summed E-state index contributed by atoms with van der Waals surface area (Å²) in [5.41, 5.74) is 5.04. The molecule has 0 amide bonds. The molecule has 0 unspecified atom stereocenters. The molecule has 1 saturated heterocycles. The molecule has 2 heterocycles. The summed E-state index contributed by atoms with van der Waals surface area (Å²) in [5, 5.41) is 0. The van der Waals surface area contributed by atoms with Gasteiger partial charge in [-0.3, -0.25) is 4.90 Å². The summed E-state index contributed by atoms with van der Waals surface area (Å²) in [6.45, 7) is 5.73. The number of ether oxygens (including phenoxy) is 2. The van der Waals surface area contributed by atoms with Crippen molar-refractivity contribution in [2.24, 2.45) is 0 Å². The molecule has 0 N–H and O–H groups in total. The Morgan fingerprint density at radius 1 is 1.11 bits per heavy atom. The first-order chi connectivity index (χ1) is 13.7. The van der Waals surface area contributed by atoms with Gasteiger partial charge in [-0.2, -0.15) is 0 Å². The van der Waals surface area contributed by atoms with Gasteiger partial charge in [0.05, 0.1) is 12.7 Å². The Morgan fingerprint density at radius 3 is 2.68 bits per heavy atom. The van der Waals surface area contributed by atoms with E-state index in [9.17, 15) is 4.79 Å². The number of esters is 1. The SMILES string of the molecule is COC(=O)c1ccc2c(c1)OCc1ccccc1/C2=C\CN1CCN(C)CC1. The highest BCUT2D eigenvalue weighted by atomic mass is 16.5. The Kier molecular flexibility index (Phi) is 5.46.